The lowest BCUT2D eigenvalue weighted by Gasteiger charge is -2.13. The summed E-state index contributed by atoms with van der Waals surface area (Å²) in [5.41, 5.74) is 1.92. The van der Waals surface area contributed by atoms with Crippen LogP contribution in [0.25, 0.3) is 5.69 Å². The zero-order chi connectivity index (χ0) is 15.6. The van der Waals surface area contributed by atoms with E-state index >= 15 is 0 Å². The van der Waals surface area contributed by atoms with Gasteiger partial charge in [-0.3, -0.25) is 0 Å². The summed E-state index contributed by atoms with van der Waals surface area (Å²) >= 11 is 3.46. The van der Waals surface area contributed by atoms with Gasteiger partial charge in [-0.25, -0.2) is 9.48 Å². The SMILES string of the molecule is COC(=O)c1nn(-c2ccccc2OC)c(C(C)C)c1Br. The minimum Gasteiger partial charge on any atom is -0.494 e. The van der Waals surface area contributed by atoms with Crippen LogP contribution < -0.4 is 4.74 Å². The van der Waals surface area contributed by atoms with Crippen LogP contribution in [0.2, 0.25) is 0 Å². The van der Waals surface area contributed by atoms with Gasteiger partial charge in [0.15, 0.2) is 5.69 Å². The molecule has 1 aromatic carbocycles. The number of methoxy groups -OCH3 is 2. The molecule has 112 valence electrons. The molecule has 1 aromatic heterocycles. The third kappa shape index (κ3) is 2.81. The van der Waals surface area contributed by atoms with Gasteiger partial charge in [-0.2, -0.15) is 5.10 Å². The van der Waals surface area contributed by atoms with E-state index in [1.165, 1.54) is 7.11 Å². The van der Waals surface area contributed by atoms with Gasteiger partial charge in [0.25, 0.3) is 0 Å². The maximum absolute atomic E-state index is 11.8. The molecule has 0 saturated carbocycles. The van der Waals surface area contributed by atoms with E-state index in [0.717, 1.165) is 11.4 Å². The summed E-state index contributed by atoms with van der Waals surface area (Å²) in [5, 5.41) is 4.40. The molecule has 2 rings (SSSR count). The molecule has 0 amide bonds. The number of esters is 1. The highest BCUT2D eigenvalue weighted by molar-refractivity contribution is 9.10. The minimum absolute atomic E-state index is 0.162. The van der Waals surface area contributed by atoms with Gasteiger partial charge in [0.05, 0.1) is 24.4 Å². The number of carbonyl (C=O) groups excluding carboxylic acids is 1. The summed E-state index contributed by atoms with van der Waals surface area (Å²) in [6, 6.07) is 7.53. The van der Waals surface area contributed by atoms with Crippen molar-refractivity contribution in [1.29, 1.82) is 0 Å². The van der Waals surface area contributed by atoms with Crippen LogP contribution in [-0.2, 0) is 4.74 Å². The third-order valence-electron chi connectivity index (χ3n) is 3.10. The fourth-order valence-corrected chi connectivity index (χ4v) is 2.99. The maximum atomic E-state index is 11.8. The van der Waals surface area contributed by atoms with Crippen molar-refractivity contribution in [3.05, 3.63) is 40.1 Å². The predicted octanol–water partition coefficient (Wildman–Crippen LogP) is 3.55. The lowest BCUT2D eigenvalue weighted by molar-refractivity contribution is 0.0592. The Morgan fingerprint density at radius 2 is 1.95 bits per heavy atom. The van der Waals surface area contributed by atoms with Crippen LogP contribution >= 0.6 is 15.9 Å². The molecule has 0 unspecified atom stereocenters. The number of halogens is 1. The molecule has 2 aromatic rings. The van der Waals surface area contributed by atoms with Crippen LogP contribution in [-0.4, -0.2) is 30.0 Å². The van der Waals surface area contributed by atoms with Gasteiger partial charge in [0.2, 0.25) is 0 Å². The van der Waals surface area contributed by atoms with Crippen LogP contribution in [0.15, 0.2) is 28.7 Å². The first-order valence-corrected chi connectivity index (χ1v) is 7.30. The average Bonchev–Trinajstić information content (AvgIpc) is 2.83. The Kier molecular flexibility index (Phi) is 4.67. The standard InChI is InChI=1S/C15H17BrN2O3/c1-9(2)14-12(16)13(15(19)21-4)17-18(14)10-7-5-6-8-11(10)20-3/h5-9H,1-4H3. The van der Waals surface area contributed by atoms with Gasteiger partial charge in [0, 0.05) is 0 Å². The molecule has 1 heterocycles. The summed E-state index contributed by atoms with van der Waals surface area (Å²) in [5.74, 6) is 0.374. The average molecular weight is 353 g/mol. The van der Waals surface area contributed by atoms with Crippen molar-refractivity contribution < 1.29 is 14.3 Å². The van der Waals surface area contributed by atoms with Gasteiger partial charge in [0.1, 0.15) is 11.4 Å². The highest BCUT2D eigenvalue weighted by Crippen LogP contribution is 2.33. The van der Waals surface area contributed by atoms with Crippen molar-refractivity contribution in [2.75, 3.05) is 14.2 Å². The van der Waals surface area contributed by atoms with Gasteiger partial charge in [-0.15, -0.1) is 0 Å². The lowest BCUT2D eigenvalue weighted by atomic mass is 10.1. The molecule has 0 aliphatic heterocycles. The number of ether oxygens (including phenoxy) is 2. The van der Waals surface area contributed by atoms with E-state index in [1.807, 2.05) is 38.1 Å². The summed E-state index contributed by atoms with van der Waals surface area (Å²) in [6.45, 7) is 4.07. The first-order valence-electron chi connectivity index (χ1n) is 6.51. The molecular formula is C15H17BrN2O3. The fraction of sp³-hybridized carbons (Fsp3) is 0.333. The van der Waals surface area contributed by atoms with E-state index in [4.69, 9.17) is 9.47 Å². The summed E-state index contributed by atoms with van der Waals surface area (Å²) in [4.78, 5) is 11.8. The third-order valence-corrected chi connectivity index (χ3v) is 3.88. The Balaban J connectivity index is 2.70. The molecule has 0 bridgehead atoms. The minimum atomic E-state index is -0.475. The first-order chi connectivity index (χ1) is 10.0. The van der Waals surface area contributed by atoms with E-state index in [1.54, 1.807) is 11.8 Å². The van der Waals surface area contributed by atoms with Gasteiger partial charge in [-0.05, 0) is 34.0 Å². The zero-order valence-electron chi connectivity index (χ0n) is 12.4. The van der Waals surface area contributed by atoms with E-state index in [-0.39, 0.29) is 11.6 Å². The van der Waals surface area contributed by atoms with Crippen LogP contribution in [0.5, 0.6) is 5.75 Å². The first kappa shape index (κ1) is 15.6. The van der Waals surface area contributed by atoms with E-state index < -0.39 is 5.97 Å². The van der Waals surface area contributed by atoms with E-state index in [2.05, 4.69) is 21.0 Å². The number of aromatic nitrogens is 2. The van der Waals surface area contributed by atoms with Crippen LogP contribution in [0.1, 0.15) is 35.9 Å². The number of hydrogen-bond donors (Lipinski definition) is 0. The fourth-order valence-electron chi connectivity index (χ4n) is 2.13. The van der Waals surface area contributed by atoms with E-state index in [0.29, 0.717) is 10.2 Å². The van der Waals surface area contributed by atoms with Crippen molar-refractivity contribution in [3.8, 4) is 11.4 Å². The van der Waals surface area contributed by atoms with Gasteiger partial charge in [-0.1, -0.05) is 26.0 Å². The number of hydrogen-bond acceptors (Lipinski definition) is 4. The summed E-state index contributed by atoms with van der Waals surface area (Å²) in [6.07, 6.45) is 0. The normalized spacial score (nSPS) is 10.8. The molecule has 0 aliphatic carbocycles. The Bertz CT molecular complexity index is 665. The maximum Gasteiger partial charge on any atom is 0.359 e. The Morgan fingerprint density at radius 3 is 2.52 bits per heavy atom. The molecular weight excluding hydrogens is 336 g/mol. The predicted molar refractivity (Wildman–Crippen MR) is 83.2 cm³/mol. The monoisotopic (exact) mass is 352 g/mol. The molecule has 0 N–H and O–H groups in total. The zero-order valence-corrected chi connectivity index (χ0v) is 14.0. The molecule has 21 heavy (non-hydrogen) atoms. The van der Waals surface area contributed by atoms with Crippen molar-refractivity contribution >= 4 is 21.9 Å². The van der Waals surface area contributed by atoms with Crippen molar-refractivity contribution in [3.63, 3.8) is 0 Å². The van der Waals surface area contributed by atoms with Crippen LogP contribution in [0.3, 0.4) is 0 Å². The molecule has 0 saturated heterocycles. The van der Waals surface area contributed by atoms with Crippen LogP contribution in [0.4, 0.5) is 0 Å². The molecule has 0 radical (unpaired) electrons. The molecule has 0 aliphatic rings. The van der Waals surface area contributed by atoms with Crippen molar-refractivity contribution in [1.82, 2.24) is 9.78 Å². The van der Waals surface area contributed by atoms with E-state index in [9.17, 15) is 4.79 Å². The summed E-state index contributed by atoms with van der Waals surface area (Å²) < 4.78 is 12.5. The smallest absolute Gasteiger partial charge is 0.359 e. The highest BCUT2D eigenvalue weighted by atomic mass is 79.9. The number of carbonyl (C=O) groups is 1. The van der Waals surface area contributed by atoms with Crippen LogP contribution in [0, 0.1) is 0 Å². The number of nitrogens with zero attached hydrogens (tertiary/aromatic N) is 2. The number of rotatable bonds is 4. The Labute approximate surface area is 132 Å². The second kappa shape index (κ2) is 6.30. The lowest BCUT2D eigenvalue weighted by Crippen LogP contribution is -2.07. The van der Waals surface area contributed by atoms with Crippen molar-refractivity contribution in [2.45, 2.75) is 19.8 Å². The Hall–Kier alpha value is -1.82. The van der Waals surface area contributed by atoms with Crippen molar-refractivity contribution in [2.24, 2.45) is 0 Å². The summed E-state index contributed by atoms with van der Waals surface area (Å²) in [7, 11) is 2.94. The molecule has 6 heteroatoms. The largest absolute Gasteiger partial charge is 0.494 e. The quantitative estimate of drug-likeness (QED) is 0.789. The molecule has 0 spiro atoms. The molecule has 5 nitrogen and oxygen atoms in total. The Morgan fingerprint density at radius 1 is 1.29 bits per heavy atom. The molecule has 0 fully saturated rings. The molecule has 0 atom stereocenters. The number of para-hydroxylation sites is 2. The second-order valence-corrected chi connectivity index (χ2v) is 5.57. The van der Waals surface area contributed by atoms with Gasteiger partial charge < -0.3 is 9.47 Å². The van der Waals surface area contributed by atoms with Gasteiger partial charge >= 0.3 is 5.97 Å². The topological polar surface area (TPSA) is 53.3 Å². The highest BCUT2D eigenvalue weighted by Gasteiger charge is 2.25. The second-order valence-electron chi connectivity index (χ2n) is 4.78. The number of benzene rings is 1.